The number of anilines is 2. The van der Waals surface area contributed by atoms with Gasteiger partial charge in [-0.05, 0) is 25.3 Å². The summed E-state index contributed by atoms with van der Waals surface area (Å²) in [7, 11) is 1.85. The van der Waals surface area contributed by atoms with E-state index >= 15 is 0 Å². The Balaban J connectivity index is 3.13. The van der Waals surface area contributed by atoms with E-state index in [2.05, 4.69) is 0 Å². The normalized spacial score (nSPS) is 12.2. The monoisotopic (exact) mass is 255 g/mol. The SMILES string of the molecule is CSCC(C)N(C)c1cccc(N)c1[N+](=O)[O-]. The fourth-order valence-electron chi connectivity index (χ4n) is 1.62. The average molecular weight is 255 g/mol. The molecule has 17 heavy (non-hydrogen) atoms. The summed E-state index contributed by atoms with van der Waals surface area (Å²) in [6.07, 6.45) is 2.01. The van der Waals surface area contributed by atoms with Crippen molar-refractivity contribution in [2.45, 2.75) is 13.0 Å². The first kappa shape index (κ1) is 13.6. The number of para-hydroxylation sites is 1. The highest BCUT2D eigenvalue weighted by Gasteiger charge is 2.22. The Morgan fingerprint density at radius 1 is 1.59 bits per heavy atom. The van der Waals surface area contributed by atoms with Gasteiger partial charge in [0, 0.05) is 18.8 Å². The van der Waals surface area contributed by atoms with Crippen LogP contribution >= 0.6 is 11.8 Å². The molecule has 94 valence electrons. The summed E-state index contributed by atoms with van der Waals surface area (Å²) in [5.74, 6) is 0.905. The minimum Gasteiger partial charge on any atom is -0.393 e. The van der Waals surface area contributed by atoms with Gasteiger partial charge in [0.05, 0.1) is 4.92 Å². The standard InChI is InChI=1S/C11H17N3O2S/c1-8(7-17-3)13(2)10-6-4-5-9(12)11(10)14(15)16/h4-6,8H,7,12H2,1-3H3. The van der Waals surface area contributed by atoms with E-state index in [-0.39, 0.29) is 17.4 Å². The van der Waals surface area contributed by atoms with Gasteiger partial charge in [-0.25, -0.2) is 0 Å². The number of nitrogens with two attached hydrogens (primary N) is 1. The summed E-state index contributed by atoms with van der Waals surface area (Å²) >= 11 is 1.71. The van der Waals surface area contributed by atoms with Crippen molar-refractivity contribution in [2.75, 3.05) is 29.7 Å². The summed E-state index contributed by atoms with van der Waals surface area (Å²) in [5, 5.41) is 11.0. The van der Waals surface area contributed by atoms with Crippen LogP contribution < -0.4 is 10.6 Å². The zero-order valence-electron chi connectivity index (χ0n) is 10.2. The second-order valence-corrected chi connectivity index (χ2v) is 4.80. The Labute approximate surface area is 105 Å². The molecule has 6 heteroatoms. The predicted molar refractivity (Wildman–Crippen MR) is 73.8 cm³/mol. The molecule has 2 N–H and O–H groups in total. The van der Waals surface area contributed by atoms with Gasteiger partial charge >= 0.3 is 5.69 Å². The van der Waals surface area contributed by atoms with Crippen molar-refractivity contribution in [2.24, 2.45) is 0 Å². The van der Waals surface area contributed by atoms with Crippen molar-refractivity contribution < 1.29 is 4.92 Å². The third-order valence-corrected chi connectivity index (χ3v) is 3.49. The number of nitro benzene ring substituents is 1. The highest BCUT2D eigenvalue weighted by atomic mass is 32.2. The maximum atomic E-state index is 11.0. The van der Waals surface area contributed by atoms with Gasteiger partial charge in [-0.2, -0.15) is 11.8 Å². The lowest BCUT2D eigenvalue weighted by Gasteiger charge is -2.26. The van der Waals surface area contributed by atoms with E-state index < -0.39 is 4.92 Å². The first-order chi connectivity index (χ1) is 7.99. The van der Waals surface area contributed by atoms with Crippen molar-refractivity contribution in [3.63, 3.8) is 0 Å². The summed E-state index contributed by atoms with van der Waals surface area (Å²) in [4.78, 5) is 12.5. The van der Waals surface area contributed by atoms with E-state index in [1.165, 1.54) is 0 Å². The quantitative estimate of drug-likeness (QED) is 0.497. The second-order valence-electron chi connectivity index (χ2n) is 3.89. The molecule has 0 saturated heterocycles. The van der Waals surface area contributed by atoms with E-state index in [9.17, 15) is 10.1 Å². The van der Waals surface area contributed by atoms with E-state index in [4.69, 9.17) is 5.73 Å². The van der Waals surface area contributed by atoms with Crippen LogP contribution in [0.2, 0.25) is 0 Å². The zero-order valence-corrected chi connectivity index (χ0v) is 11.0. The molecule has 1 atom stereocenters. The van der Waals surface area contributed by atoms with Crippen LogP contribution in [0.3, 0.4) is 0 Å². The smallest absolute Gasteiger partial charge is 0.315 e. The van der Waals surface area contributed by atoms with Crippen LogP contribution in [0.5, 0.6) is 0 Å². The fraction of sp³-hybridized carbons (Fsp3) is 0.455. The topological polar surface area (TPSA) is 72.4 Å². The van der Waals surface area contributed by atoms with Crippen molar-refractivity contribution in [1.82, 2.24) is 0 Å². The first-order valence-corrected chi connectivity index (χ1v) is 6.63. The van der Waals surface area contributed by atoms with Gasteiger partial charge in [0.15, 0.2) is 0 Å². The van der Waals surface area contributed by atoms with Crippen LogP contribution in [0.25, 0.3) is 0 Å². The minimum atomic E-state index is -0.424. The fourth-order valence-corrected chi connectivity index (χ4v) is 2.33. The molecule has 0 aliphatic rings. The van der Waals surface area contributed by atoms with Crippen LogP contribution in [0.15, 0.2) is 18.2 Å². The molecule has 0 aromatic heterocycles. The second kappa shape index (κ2) is 5.77. The van der Waals surface area contributed by atoms with Gasteiger partial charge in [0.1, 0.15) is 11.4 Å². The number of thioether (sulfide) groups is 1. The molecule has 0 aliphatic carbocycles. The summed E-state index contributed by atoms with van der Waals surface area (Å²) in [6, 6.07) is 5.23. The molecule has 1 aromatic rings. The van der Waals surface area contributed by atoms with Gasteiger partial charge < -0.3 is 10.6 Å². The number of nitrogen functional groups attached to an aromatic ring is 1. The Kier molecular flexibility index (Phi) is 4.62. The molecule has 1 unspecified atom stereocenters. The summed E-state index contributed by atoms with van der Waals surface area (Å²) in [6.45, 7) is 2.03. The molecule has 0 radical (unpaired) electrons. The number of benzene rings is 1. The number of hydrogen-bond donors (Lipinski definition) is 1. The molecule has 0 aliphatic heterocycles. The van der Waals surface area contributed by atoms with Gasteiger partial charge in [-0.15, -0.1) is 0 Å². The number of nitro groups is 1. The van der Waals surface area contributed by atoms with Crippen LogP contribution in [0.4, 0.5) is 17.1 Å². The molecule has 1 rings (SSSR count). The molecular weight excluding hydrogens is 238 g/mol. The molecule has 0 heterocycles. The molecule has 0 saturated carbocycles. The van der Waals surface area contributed by atoms with Crippen LogP contribution in [-0.2, 0) is 0 Å². The Hall–Kier alpha value is -1.43. The van der Waals surface area contributed by atoms with E-state index in [1.54, 1.807) is 30.0 Å². The Morgan fingerprint density at radius 3 is 2.76 bits per heavy atom. The molecule has 0 amide bonds. The molecular formula is C11H17N3O2S. The van der Waals surface area contributed by atoms with Crippen molar-refractivity contribution in [3.05, 3.63) is 28.3 Å². The highest BCUT2D eigenvalue weighted by Crippen LogP contribution is 2.33. The number of hydrogen-bond acceptors (Lipinski definition) is 5. The molecule has 5 nitrogen and oxygen atoms in total. The van der Waals surface area contributed by atoms with Gasteiger partial charge in [0.2, 0.25) is 0 Å². The van der Waals surface area contributed by atoms with Crippen molar-refractivity contribution in [1.29, 1.82) is 0 Å². The van der Waals surface area contributed by atoms with Crippen LogP contribution in [0, 0.1) is 10.1 Å². The average Bonchev–Trinajstić information content (AvgIpc) is 2.27. The Morgan fingerprint density at radius 2 is 2.24 bits per heavy atom. The lowest BCUT2D eigenvalue weighted by atomic mass is 10.2. The molecule has 1 aromatic carbocycles. The lowest BCUT2D eigenvalue weighted by Crippen LogP contribution is -2.31. The van der Waals surface area contributed by atoms with Gasteiger partial charge in [-0.3, -0.25) is 10.1 Å². The van der Waals surface area contributed by atoms with Crippen LogP contribution in [-0.4, -0.2) is 30.0 Å². The molecule has 0 bridgehead atoms. The number of rotatable bonds is 5. The maximum absolute atomic E-state index is 11.0. The third-order valence-electron chi connectivity index (χ3n) is 2.68. The zero-order chi connectivity index (χ0) is 13.0. The summed E-state index contributed by atoms with van der Waals surface area (Å²) in [5.41, 5.74) is 6.42. The largest absolute Gasteiger partial charge is 0.393 e. The van der Waals surface area contributed by atoms with Crippen molar-refractivity contribution in [3.8, 4) is 0 Å². The van der Waals surface area contributed by atoms with E-state index in [0.29, 0.717) is 5.69 Å². The van der Waals surface area contributed by atoms with E-state index in [0.717, 1.165) is 5.75 Å². The minimum absolute atomic E-state index is 0.0112. The maximum Gasteiger partial charge on any atom is 0.315 e. The van der Waals surface area contributed by atoms with Gasteiger partial charge in [-0.1, -0.05) is 6.07 Å². The molecule has 0 fully saturated rings. The Bertz CT molecular complexity index is 412. The summed E-state index contributed by atoms with van der Waals surface area (Å²) < 4.78 is 0. The third kappa shape index (κ3) is 3.03. The van der Waals surface area contributed by atoms with Crippen molar-refractivity contribution >= 4 is 28.8 Å². The lowest BCUT2D eigenvalue weighted by molar-refractivity contribution is -0.383. The van der Waals surface area contributed by atoms with Crippen LogP contribution in [0.1, 0.15) is 6.92 Å². The highest BCUT2D eigenvalue weighted by molar-refractivity contribution is 7.98. The van der Waals surface area contributed by atoms with E-state index in [1.807, 2.05) is 25.1 Å². The van der Waals surface area contributed by atoms with Gasteiger partial charge in [0.25, 0.3) is 0 Å². The number of nitrogens with zero attached hydrogens (tertiary/aromatic N) is 2. The first-order valence-electron chi connectivity index (χ1n) is 5.23. The molecule has 0 spiro atoms. The predicted octanol–water partition coefficient (Wildman–Crippen LogP) is 2.36.